The van der Waals surface area contributed by atoms with Crippen LogP contribution in [0.25, 0.3) is 6.08 Å². The minimum absolute atomic E-state index is 0.293. The van der Waals surface area contributed by atoms with Crippen molar-refractivity contribution in [2.24, 2.45) is 0 Å². The molecule has 3 aromatic rings. The van der Waals surface area contributed by atoms with Crippen molar-refractivity contribution in [3.8, 4) is 0 Å². The zero-order valence-corrected chi connectivity index (χ0v) is 13.7. The third-order valence-electron chi connectivity index (χ3n) is 3.68. The van der Waals surface area contributed by atoms with Crippen molar-refractivity contribution in [3.05, 3.63) is 107 Å². The lowest BCUT2D eigenvalue weighted by atomic mass is 10.1. The zero-order chi connectivity index (χ0) is 18.4. The highest BCUT2D eigenvalue weighted by Gasteiger charge is 2.19. The van der Waals surface area contributed by atoms with Gasteiger partial charge in [-0.15, -0.1) is 0 Å². The molecule has 0 bridgehead atoms. The van der Waals surface area contributed by atoms with Gasteiger partial charge in [0, 0.05) is 17.8 Å². The molecule has 0 N–H and O–H groups in total. The Labute approximate surface area is 149 Å². The molecular formula is C21H15F2NO2. The molecule has 3 rings (SSSR count). The van der Waals surface area contributed by atoms with E-state index in [0.717, 1.165) is 29.8 Å². The lowest BCUT2D eigenvalue weighted by Gasteiger charge is -2.17. The van der Waals surface area contributed by atoms with Crippen molar-refractivity contribution in [1.29, 1.82) is 0 Å². The summed E-state index contributed by atoms with van der Waals surface area (Å²) < 4.78 is 32.8. The molecule has 3 nitrogen and oxygen atoms in total. The average molecular weight is 351 g/mol. The van der Waals surface area contributed by atoms with Gasteiger partial charge in [-0.1, -0.05) is 42.5 Å². The van der Waals surface area contributed by atoms with Crippen LogP contribution in [0.3, 0.4) is 0 Å². The third-order valence-corrected chi connectivity index (χ3v) is 3.68. The number of nitrogens with zero attached hydrogens (tertiary/aromatic N) is 1. The predicted molar refractivity (Wildman–Crippen MR) is 94.0 cm³/mol. The number of pyridine rings is 1. The number of carbonyl (C=O) groups is 1. The Morgan fingerprint density at radius 3 is 2.27 bits per heavy atom. The number of ether oxygens (including phenoxy) is 1. The molecule has 0 saturated carbocycles. The summed E-state index contributed by atoms with van der Waals surface area (Å²) in [7, 11) is 0. The lowest BCUT2D eigenvalue weighted by molar-refractivity contribution is -0.141. The summed E-state index contributed by atoms with van der Waals surface area (Å²) in [5, 5.41) is 0. The van der Waals surface area contributed by atoms with E-state index in [1.54, 1.807) is 24.4 Å². The van der Waals surface area contributed by atoms with Gasteiger partial charge in [-0.3, -0.25) is 4.98 Å². The third kappa shape index (κ3) is 4.19. The summed E-state index contributed by atoms with van der Waals surface area (Å²) in [5.41, 5.74) is 1.00. The van der Waals surface area contributed by atoms with Crippen LogP contribution in [0.2, 0.25) is 0 Å². The first-order valence-corrected chi connectivity index (χ1v) is 7.94. The molecule has 0 radical (unpaired) electrons. The van der Waals surface area contributed by atoms with Crippen LogP contribution in [0.1, 0.15) is 22.9 Å². The molecular weight excluding hydrogens is 336 g/mol. The van der Waals surface area contributed by atoms with Crippen molar-refractivity contribution >= 4 is 12.0 Å². The van der Waals surface area contributed by atoms with E-state index in [1.165, 1.54) is 6.07 Å². The molecule has 0 unspecified atom stereocenters. The molecule has 0 spiro atoms. The second-order valence-corrected chi connectivity index (χ2v) is 5.45. The number of hydrogen-bond donors (Lipinski definition) is 0. The van der Waals surface area contributed by atoms with Crippen molar-refractivity contribution in [2.75, 3.05) is 0 Å². The van der Waals surface area contributed by atoms with Crippen molar-refractivity contribution < 1.29 is 18.3 Å². The average Bonchev–Trinajstić information content (AvgIpc) is 2.67. The fourth-order valence-electron chi connectivity index (χ4n) is 2.43. The lowest BCUT2D eigenvalue weighted by Crippen LogP contribution is -2.12. The molecule has 0 amide bonds. The summed E-state index contributed by atoms with van der Waals surface area (Å²) in [6.07, 6.45) is 2.94. The number of hydrogen-bond acceptors (Lipinski definition) is 3. The summed E-state index contributed by atoms with van der Waals surface area (Å²) >= 11 is 0. The number of halogens is 2. The Kier molecular flexibility index (Phi) is 5.49. The summed E-state index contributed by atoms with van der Waals surface area (Å²) in [6, 6.07) is 17.9. The molecule has 0 fully saturated rings. The molecule has 0 saturated heterocycles. The van der Waals surface area contributed by atoms with E-state index in [0.29, 0.717) is 5.69 Å². The van der Waals surface area contributed by atoms with Gasteiger partial charge in [0.25, 0.3) is 0 Å². The van der Waals surface area contributed by atoms with Crippen molar-refractivity contribution in [1.82, 2.24) is 4.98 Å². The van der Waals surface area contributed by atoms with E-state index in [1.807, 2.05) is 30.3 Å². The molecule has 5 heteroatoms. The van der Waals surface area contributed by atoms with Gasteiger partial charge in [-0.25, -0.2) is 13.6 Å². The van der Waals surface area contributed by atoms with Crippen molar-refractivity contribution in [3.63, 3.8) is 0 Å². The minimum atomic E-state index is -0.751. The van der Waals surface area contributed by atoms with Gasteiger partial charge in [0.15, 0.2) is 6.10 Å². The Bertz CT molecular complexity index is 852. The smallest absolute Gasteiger partial charge is 0.331 e. The summed E-state index contributed by atoms with van der Waals surface area (Å²) in [5.74, 6) is -2.23. The van der Waals surface area contributed by atoms with Crippen LogP contribution in [-0.4, -0.2) is 11.0 Å². The Morgan fingerprint density at radius 1 is 0.923 bits per heavy atom. The van der Waals surface area contributed by atoms with Crippen LogP contribution in [0.4, 0.5) is 8.78 Å². The molecule has 0 aliphatic rings. The first-order valence-electron chi connectivity index (χ1n) is 7.94. The second kappa shape index (κ2) is 8.16. The van der Waals surface area contributed by atoms with E-state index < -0.39 is 23.7 Å². The van der Waals surface area contributed by atoms with E-state index >= 15 is 0 Å². The van der Waals surface area contributed by atoms with Gasteiger partial charge in [0.1, 0.15) is 11.6 Å². The maximum Gasteiger partial charge on any atom is 0.331 e. The van der Waals surface area contributed by atoms with E-state index in [2.05, 4.69) is 4.98 Å². The number of esters is 1. The zero-order valence-electron chi connectivity index (χ0n) is 13.7. The first-order chi connectivity index (χ1) is 12.6. The van der Waals surface area contributed by atoms with Crippen LogP contribution in [-0.2, 0) is 9.53 Å². The number of benzene rings is 2. The monoisotopic (exact) mass is 351 g/mol. The fourth-order valence-corrected chi connectivity index (χ4v) is 2.43. The Hall–Kier alpha value is -3.34. The first kappa shape index (κ1) is 17.5. The summed E-state index contributed by atoms with van der Waals surface area (Å²) in [6.45, 7) is 0. The van der Waals surface area contributed by atoms with Gasteiger partial charge in [0.05, 0.1) is 5.69 Å². The molecule has 1 aromatic heterocycles. The van der Waals surface area contributed by atoms with E-state index in [9.17, 15) is 13.6 Å². The molecule has 0 aliphatic heterocycles. The largest absolute Gasteiger partial charge is 0.448 e. The number of rotatable bonds is 5. The molecule has 0 aliphatic carbocycles. The van der Waals surface area contributed by atoms with Crippen LogP contribution in [0.5, 0.6) is 0 Å². The maximum atomic E-state index is 13.6. The standard InChI is InChI=1S/C21H15F2NO2/c22-17-9-6-10-18(23)16(17)12-13-20(25)26-21(15-7-2-1-3-8-15)19-11-4-5-14-24-19/h1-14,21H/b13-12-/t21-/m0/s1. The highest BCUT2D eigenvalue weighted by atomic mass is 19.1. The van der Waals surface area contributed by atoms with Gasteiger partial charge in [-0.05, 0) is 35.9 Å². The molecule has 1 heterocycles. The van der Waals surface area contributed by atoms with Crippen LogP contribution in [0, 0.1) is 11.6 Å². The normalized spacial score (nSPS) is 12.1. The number of carbonyl (C=O) groups excluding carboxylic acids is 1. The summed E-state index contributed by atoms with van der Waals surface area (Å²) in [4.78, 5) is 16.4. The van der Waals surface area contributed by atoms with Crippen molar-refractivity contribution in [2.45, 2.75) is 6.10 Å². The molecule has 130 valence electrons. The van der Waals surface area contributed by atoms with Gasteiger partial charge < -0.3 is 4.74 Å². The van der Waals surface area contributed by atoms with Gasteiger partial charge in [0.2, 0.25) is 0 Å². The predicted octanol–water partition coefficient (Wildman–Crippen LogP) is 4.71. The van der Waals surface area contributed by atoms with Crippen LogP contribution >= 0.6 is 0 Å². The fraction of sp³-hybridized carbons (Fsp3) is 0.0476. The maximum absolute atomic E-state index is 13.6. The Balaban J connectivity index is 1.83. The Morgan fingerprint density at radius 2 is 1.62 bits per heavy atom. The van der Waals surface area contributed by atoms with E-state index in [-0.39, 0.29) is 5.56 Å². The highest BCUT2D eigenvalue weighted by molar-refractivity contribution is 5.87. The van der Waals surface area contributed by atoms with Crippen LogP contribution < -0.4 is 0 Å². The van der Waals surface area contributed by atoms with E-state index in [4.69, 9.17) is 4.74 Å². The molecule has 2 aromatic carbocycles. The van der Waals surface area contributed by atoms with Gasteiger partial charge >= 0.3 is 5.97 Å². The van der Waals surface area contributed by atoms with Gasteiger partial charge in [-0.2, -0.15) is 0 Å². The molecule has 26 heavy (non-hydrogen) atoms. The SMILES string of the molecule is O=C(/C=C\c1c(F)cccc1F)O[C@@H](c1ccccc1)c1ccccn1. The quantitative estimate of drug-likeness (QED) is 0.494. The minimum Gasteiger partial charge on any atom is -0.448 e. The second-order valence-electron chi connectivity index (χ2n) is 5.45. The molecule has 1 atom stereocenters. The topological polar surface area (TPSA) is 39.2 Å². The number of aromatic nitrogens is 1. The highest BCUT2D eigenvalue weighted by Crippen LogP contribution is 2.24. The van der Waals surface area contributed by atoms with Crippen LogP contribution in [0.15, 0.2) is 79.0 Å².